The van der Waals surface area contributed by atoms with Crippen LogP contribution in [0.4, 0.5) is 10.2 Å². The minimum Gasteiger partial charge on any atom is -0.367 e. The number of anilines is 1. The molecule has 0 atom stereocenters. The summed E-state index contributed by atoms with van der Waals surface area (Å²) in [5.74, 6) is 1.11. The lowest BCUT2D eigenvalue weighted by atomic mass is 9.86. The predicted octanol–water partition coefficient (Wildman–Crippen LogP) is 3.80. The summed E-state index contributed by atoms with van der Waals surface area (Å²) in [6.45, 7) is 2.19. The summed E-state index contributed by atoms with van der Waals surface area (Å²) < 4.78 is 38.8. The van der Waals surface area contributed by atoms with Crippen LogP contribution in [0.2, 0.25) is 0 Å². The first-order valence-electron chi connectivity index (χ1n) is 9.41. The van der Waals surface area contributed by atoms with Crippen LogP contribution in [-0.4, -0.2) is 31.7 Å². The Morgan fingerprint density at radius 2 is 1.70 bits per heavy atom. The molecule has 1 saturated carbocycles. The quantitative estimate of drug-likeness (QED) is 0.753. The van der Waals surface area contributed by atoms with Crippen LogP contribution in [0.3, 0.4) is 0 Å². The third-order valence-electron chi connectivity index (χ3n) is 5.11. The highest BCUT2D eigenvalue weighted by Gasteiger charge is 2.22. The van der Waals surface area contributed by atoms with Crippen LogP contribution in [0.15, 0.2) is 42.6 Å². The van der Waals surface area contributed by atoms with E-state index in [9.17, 15) is 12.8 Å². The summed E-state index contributed by atoms with van der Waals surface area (Å²) in [5.41, 5.74) is 1.89. The van der Waals surface area contributed by atoms with Gasteiger partial charge in [0, 0.05) is 24.3 Å². The van der Waals surface area contributed by atoms with Crippen molar-refractivity contribution in [2.45, 2.75) is 38.6 Å². The topological polar surface area (TPSA) is 71.1 Å². The average Bonchev–Trinajstić information content (AvgIpc) is 2.69. The lowest BCUT2D eigenvalue weighted by molar-refractivity contribution is 0.337. The molecule has 2 N–H and O–H groups in total. The maximum Gasteiger partial charge on any atom is 0.211 e. The van der Waals surface area contributed by atoms with E-state index in [-0.39, 0.29) is 11.6 Å². The Kier molecular flexibility index (Phi) is 6.44. The largest absolute Gasteiger partial charge is 0.367 e. The molecule has 2 aromatic rings. The van der Waals surface area contributed by atoms with E-state index in [4.69, 9.17) is 0 Å². The molecule has 1 aromatic carbocycles. The molecule has 0 unspecified atom stereocenters. The van der Waals surface area contributed by atoms with E-state index >= 15 is 0 Å². The second-order valence-corrected chi connectivity index (χ2v) is 9.15. The van der Waals surface area contributed by atoms with Gasteiger partial charge in [-0.1, -0.05) is 12.1 Å². The molecule has 146 valence electrons. The van der Waals surface area contributed by atoms with Gasteiger partial charge in [0.1, 0.15) is 11.6 Å². The lowest BCUT2D eigenvalue weighted by Gasteiger charge is -2.29. The number of pyridine rings is 1. The fourth-order valence-corrected chi connectivity index (χ4v) is 4.05. The van der Waals surface area contributed by atoms with E-state index in [2.05, 4.69) is 15.0 Å². The average molecular weight is 392 g/mol. The van der Waals surface area contributed by atoms with Crippen LogP contribution < -0.4 is 10.0 Å². The van der Waals surface area contributed by atoms with Gasteiger partial charge in [-0.15, -0.1) is 0 Å². The van der Waals surface area contributed by atoms with Gasteiger partial charge in [-0.3, -0.25) is 0 Å². The molecule has 0 radical (unpaired) electrons. The Bertz CT molecular complexity index is 831. The molecule has 7 heteroatoms. The van der Waals surface area contributed by atoms with Crippen LogP contribution in [0.5, 0.6) is 0 Å². The van der Waals surface area contributed by atoms with Crippen LogP contribution in [-0.2, 0) is 10.0 Å². The van der Waals surface area contributed by atoms with E-state index in [1.54, 1.807) is 25.3 Å². The maximum absolute atomic E-state index is 13.0. The second kappa shape index (κ2) is 8.80. The van der Waals surface area contributed by atoms with Crippen molar-refractivity contribution >= 4 is 15.8 Å². The SMILES string of the molecule is CCS(=O)(=O)NC[C@H]1CC[C@H](Nc2ccc(-c3ccc(F)cc3)cn2)CC1. The molecular formula is C20H26FN3O2S. The standard InChI is InChI=1S/C20H26FN3O2S/c1-2-27(25,26)23-13-15-3-10-19(11-4-15)24-20-12-7-17(14-22-20)16-5-8-18(21)9-6-16/h5-9,12,14-15,19,23H,2-4,10-11,13H2,1H3,(H,22,24)/t15-,19-. The Hall–Kier alpha value is -1.99. The molecule has 0 amide bonds. The number of hydrogen-bond acceptors (Lipinski definition) is 4. The maximum atomic E-state index is 13.0. The van der Waals surface area contributed by atoms with Crippen molar-refractivity contribution in [2.24, 2.45) is 5.92 Å². The number of halogens is 1. The Morgan fingerprint density at radius 1 is 1.04 bits per heavy atom. The van der Waals surface area contributed by atoms with Crippen LogP contribution in [0.1, 0.15) is 32.6 Å². The summed E-state index contributed by atoms with van der Waals surface area (Å²) in [7, 11) is -3.11. The van der Waals surface area contributed by atoms with Crippen molar-refractivity contribution < 1.29 is 12.8 Å². The minimum absolute atomic E-state index is 0.128. The van der Waals surface area contributed by atoms with E-state index in [0.717, 1.165) is 42.6 Å². The van der Waals surface area contributed by atoms with Crippen LogP contribution >= 0.6 is 0 Å². The molecule has 3 rings (SSSR count). The van der Waals surface area contributed by atoms with E-state index < -0.39 is 10.0 Å². The number of nitrogens with zero attached hydrogens (tertiary/aromatic N) is 1. The van der Waals surface area contributed by atoms with E-state index in [0.29, 0.717) is 18.5 Å². The van der Waals surface area contributed by atoms with Gasteiger partial charge in [-0.05, 0) is 68.4 Å². The highest BCUT2D eigenvalue weighted by atomic mass is 32.2. The molecule has 5 nitrogen and oxygen atoms in total. The molecule has 0 bridgehead atoms. The summed E-state index contributed by atoms with van der Waals surface area (Å²) in [6, 6.07) is 10.7. The number of rotatable bonds is 7. The molecule has 1 aliphatic carbocycles. The van der Waals surface area contributed by atoms with Crippen molar-refractivity contribution in [3.8, 4) is 11.1 Å². The van der Waals surface area contributed by atoms with Crippen molar-refractivity contribution in [3.05, 3.63) is 48.4 Å². The van der Waals surface area contributed by atoms with Crippen molar-refractivity contribution in [1.29, 1.82) is 0 Å². The van der Waals surface area contributed by atoms with Gasteiger partial charge in [-0.2, -0.15) is 0 Å². The summed E-state index contributed by atoms with van der Waals surface area (Å²) in [6.07, 6.45) is 5.79. The smallest absolute Gasteiger partial charge is 0.211 e. The molecule has 0 spiro atoms. The summed E-state index contributed by atoms with van der Waals surface area (Å²) >= 11 is 0. The minimum atomic E-state index is -3.11. The molecule has 1 aliphatic rings. The van der Waals surface area contributed by atoms with E-state index in [1.165, 1.54) is 12.1 Å². The molecule has 0 aliphatic heterocycles. The number of aromatic nitrogens is 1. The summed E-state index contributed by atoms with van der Waals surface area (Å²) in [4.78, 5) is 4.47. The Morgan fingerprint density at radius 3 is 2.30 bits per heavy atom. The molecular weight excluding hydrogens is 365 g/mol. The monoisotopic (exact) mass is 391 g/mol. The fraction of sp³-hybridized carbons (Fsp3) is 0.450. The third kappa shape index (κ3) is 5.74. The highest BCUT2D eigenvalue weighted by Crippen LogP contribution is 2.27. The predicted molar refractivity (Wildman–Crippen MR) is 106 cm³/mol. The van der Waals surface area contributed by atoms with Gasteiger partial charge in [-0.25, -0.2) is 22.5 Å². The first-order chi connectivity index (χ1) is 12.9. The normalized spacial score (nSPS) is 20.4. The molecule has 1 aromatic heterocycles. The zero-order valence-corrected chi connectivity index (χ0v) is 16.3. The van der Waals surface area contributed by atoms with Gasteiger partial charge in [0.25, 0.3) is 0 Å². The zero-order valence-electron chi connectivity index (χ0n) is 15.5. The van der Waals surface area contributed by atoms with Gasteiger partial charge in [0.2, 0.25) is 10.0 Å². The molecule has 0 saturated heterocycles. The van der Waals surface area contributed by atoms with Gasteiger partial charge in [0.15, 0.2) is 0 Å². The second-order valence-electron chi connectivity index (χ2n) is 7.05. The first kappa shape index (κ1) is 19.8. The van der Waals surface area contributed by atoms with Gasteiger partial charge >= 0.3 is 0 Å². The van der Waals surface area contributed by atoms with Crippen molar-refractivity contribution in [2.75, 3.05) is 17.6 Å². The molecule has 1 fully saturated rings. The van der Waals surface area contributed by atoms with Crippen LogP contribution in [0, 0.1) is 11.7 Å². The number of hydrogen-bond donors (Lipinski definition) is 2. The molecule has 1 heterocycles. The Balaban J connectivity index is 1.48. The third-order valence-corrected chi connectivity index (χ3v) is 6.48. The van der Waals surface area contributed by atoms with Gasteiger partial charge < -0.3 is 5.32 Å². The number of sulfonamides is 1. The van der Waals surface area contributed by atoms with Crippen LogP contribution in [0.25, 0.3) is 11.1 Å². The number of benzene rings is 1. The first-order valence-corrected chi connectivity index (χ1v) is 11.1. The zero-order chi connectivity index (χ0) is 19.3. The number of nitrogens with one attached hydrogen (secondary N) is 2. The van der Waals surface area contributed by atoms with Crippen molar-refractivity contribution in [3.63, 3.8) is 0 Å². The molecule has 27 heavy (non-hydrogen) atoms. The highest BCUT2D eigenvalue weighted by molar-refractivity contribution is 7.89. The fourth-order valence-electron chi connectivity index (χ4n) is 3.36. The van der Waals surface area contributed by atoms with Crippen molar-refractivity contribution in [1.82, 2.24) is 9.71 Å². The summed E-state index contributed by atoms with van der Waals surface area (Å²) in [5, 5.41) is 3.46. The Labute approximate surface area is 160 Å². The lowest BCUT2D eigenvalue weighted by Crippen LogP contribution is -2.34. The van der Waals surface area contributed by atoms with E-state index in [1.807, 2.05) is 12.1 Å². The van der Waals surface area contributed by atoms with Gasteiger partial charge in [0.05, 0.1) is 5.75 Å².